The van der Waals surface area contributed by atoms with Gasteiger partial charge in [-0.25, -0.2) is 18.5 Å². The molecule has 1 fully saturated rings. The number of aromatic nitrogens is 1. The number of carbonyl (C=O) groups excluding carboxylic acids is 1. The Morgan fingerprint density at radius 1 is 1.09 bits per heavy atom. The molecule has 0 radical (unpaired) electrons. The van der Waals surface area contributed by atoms with Gasteiger partial charge in [0.2, 0.25) is 22.7 Å². The van der Waals surface area contributed by atoms with Gasteiger partial charge < -0.3 is 14.8 Å². The van der Waals surface area contributed by atoms with Crippen LogP contribution < -0.4 is 19.9 Å². The van der Waals surface area contributed by atoms with Gasteiger partial charge in [0, 0.05) is 11.8 Å². The van der Waals surface area contributed by atoms with E-state index in [1.807, 2.05) is 25.1 Å². The summed E-state index contributed by atoms with van der Waals surface area (Å²) < 4.78 is 34.1. The van der Waals surface area contributed by atoms with Crippen molar-refractivity contribution in [1.82, 2.24) is 4.98 Å². The number of pyridine rings is 1. The second-order valence-electron chi connectivity index (χ2n) is 8.06. The molecule has 2 aliphatic rings. The Morgan fingerprint density at radius 3 is 2.59 bits per heavy atom. The fourth-order valence-electron chi connectivity index (χ4n) is 3.97. The Hall–Kier alpha value is -3.43. The van der Waals surface area contributed by atoms with E-state index in [1.54, 1.807) is 24.4 Å². The molecule has 2 aromatic carbocycles. The normalized spacial score (nSPS) is 15.9. The molecule has 0 spiro atoms. The zero-order valence-electron chi connectivity index (χ0n) is 17.3. The van der Waals surface area contributed by atoms with Crippen LogP contribution in [0.5, 0.6) is 11.5 Å². The number of amides is 1. The van der Waals surface area contributed by atoms with Crippen LogP contribution in [0.2, 0.25) is 0 Å². The molecule has 2 heterocycles. The highest BCUT2D eigenvalue weighted by atomic mass is 32.2. The third-order valence-electron chi connectivity index (χ3n) is 5.94. The second kappa shape index (κ2) is 7.32. The van der Waals surface area contributed by atoms with Gasteiger partial charge in [0.05, 0.1) is 10.3 Å². The summed E-state index contributed by atoms with van der Waals surface area (Å²) in [6.45, 7) is 2.06. The van der Waals surface area contributed by atoms with Gasteiger partial charge >= 0.3 is 0 Å². The summed E-state index contributed by atoms with van der Waals surface area (Å²) in [5.74, 6) is 1.66. The molecule has 164 valence electrons. The molecule has 1 aliphatic heterocycles. The van der Waals surface area contributed by atoms with E-state index in [1.165, 1.54) is 12.1 Å². The van der Waals surface area contributed by atoms with Crippen LogP contribution in [0.3, 0.4) is 0 Å². The number of nitrogens with one attached hydrogen (secondary N) is 1. The Balaban J connectivity index is 1.38. The first-order chi connectivity index (χ1) is 15.3. The van der Waals surface area contributed by atoms with Crippen molar-refractivity contribution < 1.29 is 22.7 Å². The van der Waals surface area contributed by atoms with Crippen LogP contribution in [0.1, 0.15) is 24.0 Å². The maximum atomic E-state index is 13.1. The fourth-order valence-corrected chi connectivity index (χ4v) is 4.53. The smallest absolute Gasteiger partial charge is 0.238 e. The van der Waals surface area contributed by atoms with E-state index >= 15 is 0 Å². The van der Waals surface area contributed by atoms with Crippen molar-refractivity contribution in [2.75, 3.05) is 12.1 Å². The second-order valence-corrected chi connectivity index (χ2v) is 9.62. The lowest BCUT2D eigenvalue weighted by molar-refractivity contribution is -0.118. The lowest BCUT2D eigenvalue weighted by Crippen LogP contribution is -2.28. The molecule has 0 unspecified atom stereocenters. The number of primary sulfonamides is 1. The molecule has 32 heavy (non-hydrogen) atoms. The van der Waals surface area contributed by atoms with Crippen molar-refractivity contribution in [2.45, 2.75) is 30.1 Å². The van der Waals surface area contributed by atoms with Crippen molar-refractivity contribution in [3.8, 4) is 22.6 Å². The number of fused-ring (bicyclic) bond motifs is 1. The van der Waals surface area contributed by atoms with E-state index in [-0.39, 0.29) is 17.6 Å². The minimum absolute atomic E-state index is 0.0335. The lowest BCUT2D eigenvalue weighted by Gasteiger charge is -2.17. The number of hydrogen-bond acceptors (Lipinski definition) is 6. The standard InChI is InChI=1S/C23H21N3O5S/c1-14-9-21(25-12-18(14)15-3-2-4-17(10-15)32(24,28)29)26-22(27)23(7-8-23)16-5-6-19-20(11-16)31-13-30-19/h2-6,9-12H,7-8,13H2,1H3,(H2,24,28,29)(H,25,26,27). The summed E-state index contributed by atoms with van der Waals surface area (Å²) in [6.07, 6.45) is 3.11. The monoisotopic (exact) mass is 451 g/mol. The van der Waals surface area contributed by atoms with Crippen molar-refractivity contribution >= 4 is 21.7 Å². The molecule has 8 nitrogen and oxygen atoms in total. The molecule has 0 atom stereocenters. The number of hydrogen-bond donors (Lipinski definition) is 2. The van der Waals surface area contributed by atoms with E-state index in [0.717, 1.165) is 29.5 Å². The molecule has 3 N–H and O–H groups in total. The number of anilines is 1. The molecule has 0 saturated heterocycles. The first-order valence-electron chi connectivity index (χ1n) is 10.1. The summed E-state index contributed by atoms with van der Waals surface area (Å²) in [6, 6.07) is 13.7. The van der Waals surface area contributed by atoms with Gasteiger partial charge in [0.15, 0.2) is 11.5 Å². The quantitative estimate of drug-likeness (QED) is 0.615. The average molecular weight is 452 g/mol. The van der Waals surface area contributed by atoms with E-state index in [4.69, 9.17) is 14.6 Å². The van der Waals surface area contributed by atoms with Crippen molar-refractivity contribution in [1.29, 1.82) is 0 Å². The van der Waals surface area contributed by atoms with E-state index in [2.05, 4.69) is 10.3 Å². The van der Waals surface area contributed by atoms with Gasteiger partial charge in [0.1, 0.15) is 5.82 Å². The van der Waals surface area contributed by atoms with E-state index in [9.17, 15) is 13.2 Å². The van der Waals surface area contributed by atoms with Crippen LogP contribution >= 0.6 is 0 Å². The number of nitrogens with two attached hydrogens (primary N) is 1. The maximum absolute atomic E-state index is 13.1. The summed E-state index contributed by atoms with van der Waals surface area (Å²) in [5, 5.41) is 8.17. The fraction of sp³-hybridized carbons (Fsp3) is 0.217. The Labute approximate surface area is 185 Å². The number of sulfonamides is 1. The predicted molar refractivity (Wildman–Crippen MR) is 118 cm³/mol. The molecule has 1 aliphatic carbocycles. The highest BCUT2D eigenvalue weighted by Gasteiger charge is 2.51. The third-order valence-corrected chi connectivity index (χ3v) is 6.85. The van der Waals surface area contributed by atoms with Gasteiger partial charge in [-0.05, 0) is 66.8 Å². The lowest BCUT2D eigenvalue weighted by atomic mass is 9.94. The molecule has 1 saturated carbocycles. The number of carbonyl (C=O) groups is 1. The first kappa shape index (κ1) is 20.5. The largest absolute Gasteiger partial charge is 0.454 e. The zero-order chi connectivity index (χ0) is 22.5. The van der Waals surface area contributed by atoms with E-state index < -0.39 is 15.4 Å². The molecule has 1 amide bonds. The highest BCUT2D eigenvalue weighted by molar-refractivity contribution is 7.89. The Kier molecular flexibility index (Phi) is 4.68. The van der Waals surface area contributed by atoms with Crippen LogP contribution in [-0.4, -0.2) is 26.1 Å². The van der Waals surface area contributed by atoms with Crippen LogP contribution in [-0.2, 0) is 20.2 Å². The predicted octanol–water partition coefficient (Wildman–Crippen LogP) is 3.10. The summed E-state index contributed by atoms with van der Waals surface area (Å²) >= 11 is 0. The molecule has 5 rings (SSSR count). The number of rotatable bonds is 5. The van der Waals surface area contributed by atoms with Gasteiger partial charge in [-0.2, -0.15) is 0 Å². The number of aryl methyl sites for hydroxylation is 1. The van der Waals surface area contributed by atoms with Crippen molar-refractivity contribution in [3.05, 3.63) is 65.9 Å². The molecular formula is C23H21N3O5S. The molecule has 1 aromatic heterocycles. The SMILES string of the molecule is Cc1cc(NC(=O)C2(c3ccc4c(c3)OCO4)CC2)ncc1-c1cccc(S(N)(=O)=O)c1. The van der Waals surface area contributed by atoms with Crippen LogP contribution in [0.25, 0.3) is 11.1 Å². The van der Waals surface area contributed by atoms with Crippen molar-refractivity contribution in [2.24, 2.45) is 5.14 Å². The van der Waals surface area contributed by atoms with Gasteiger partial charge in [-0.15, -0.1) is 0 Å². The zero-order valence-corrected chi connectivity index (χ0v) is 18.1. The first-order valence-corrected chi connectivity index (χ1v) is 11.6. The van der Waals surface area contributed by atoms with Crippen molar-refractivity contribution in [3.63, 3.8) is 0 Å². The maximum Gasteiger partial charge on any atom is 0.238 e. The third kappa shape index (κ3) is 3.59. The van der Waals surface area contributed by atoms with Gasteiger partial charge in [-0.1, -0.05) is 18.2 Å². The van der Waals surface area contributed by atoms with Crippen LogP contribution in [0, 0.1) is 6.92 Å². The topological polar surface area (TPSA) is 121 Å². The summed E-state index contributed by atoms with van der Waals surface area (Å²) in [7, 11) is -3.80. The average Bonchev–Trinajstić information content (AvgIpc) is 3.44. The minimum Gasteiger partial charge on any atom is -0.454 e. The van der Waals surface area contributed by atoms with Crippen LogP contribution in [0.15, 0.2) is 59.6 Å². The Bertz CT molecular complexity index is 1350. The van der Waals surface area contributed by atoms with Gasteiger partial charge in [0.25, 0.3) is 0 Å². The molecular weight excluding hydrogens is 430 g/mol. The van der Waals surface area contributed by atoms with E-state index in [0.29, 0.717) is 22.9 Å². The summed E-state index contributed by atoms with van der Waals surface area (Å²) in [5.41, 5.74) is 2.57. The highest BCUT2D eigenvalue weighted by Crippen LogP contribution is 2.51. The minimum atomic E-state index is -3.80. The number of nitrogens with zero attached hydrogens (tertiary/aromatic N) is 1. The number of benzene rings is 2. The summed E-state index contributed by atoms with van der Waals surface area (Å²) in [4.78, 5) is 17.5. The molecule has 9 heteroatoms. The number of ether oxygens (including phenoxy) is 2. The van der Waals surface area contributed by atoms with Crippen LogP contribution in [0.4, 0.5) is 5.82 Å². The molecule has 3 aromatic rings. The van der Waals surface area contributed by atoms with Gasteiger partial charge in [-0.3, -0.25) is 4.79 Å². The molecule has 0 bridgehead atoms. The Morgan fingerprint density at radius 2 is 1.88 bits per heavy atom.